The fourth-order valence-corrected chi connectivity index (χ4v) is 1.31. The van der Waals surface area contributed by atoms with Gasteiger partial charge >= 0.3 is 5.97 Å². The molecule has 1 rings (SSSR count). The van der Waals surface area contributed by atoms with E-state index in [1.54, 1.807) is 25.1 Å². The molecular weight excluding hydrogens is 244 g/mol. The van der Waals surface area contributed by atoms with E-state index in [-0.39, 0.29) is 19.0 Å². The Kier molecular flexibility index (Phi) is 5.66. The van der Waals surface area contributed by atoms with Crippen molar-refractivity contribution in [1.29, 1.82) is 0 Å². The molecule has 0 amide bonds. The van der Waals surface area contributed by atoms with Gasteiger partial charge in [-0.2, -0.15) is 0 Å². The summed E-state index contributed by atoms with van der Waals surface area (Å²) in [7, 11) is 0. The van der Waals surface area contributed by atoms with Gasteiger partial charge in [-0.15, -0.1) is 0 Å². The monoisotopic (exact) mass is 256 g/mol. The molecule has 0 spiro atoms. The second kappa shape index (κ2) is 7.04. The Hall–Kier alpha value is -1.39. The van der Waals surface area contributed by atoms with Crippen molar-refractivity contribution in [3.8, 4) is 0 Å². The van der Waals surface area contributed by atoms with Crippen LogP contribution in [0.25, 0.3) is 0 Å². The number of esters is 1. The van der Waals surface area contributed by atoms with E-state index in [1.165, 1.54) is 6.07 Å². The third-order valence-electron chi connectivity index (χ3n) is 1.93. The lowest BCUT2D eigenvalue weighted by Crippen LogP contribution is -2.18. The SMILES string of the molecule is CCOCC(=O)OCC(=O)c1cccc(Cl)c1. The maximum atomic E-state index is 11.6. The highest BCUT2D eigenvalue weighted by molar-refractivity contribution is 6.31. The molecule has 0 atom stereocenters. The topological polar surface area (TPSA) is 52.6 Å². The molecule has 0 radical (unpaired) electrons. The lowest BCUT2D eigenvalue weighted by atomic mass is 10.1. The molecule has 0 aromatic heterocycles. The number of ketones is 1. The molecule has 0 heterocycles. The Bertz CT molecular complexity index is 403. The van der Waals surface area contributed by atoms with Crippen LogP contribution in [0.1, 0.15) is 17.3 Å². The first kappa shape index (κ1) is 13.7. The molecule has 17 heavy (non-hydrogen) atoms. The molecule has 0 aliphatic rings. The average Bonchev–Trinajstić information content (AvgIpc) is 2.33. The van der Waals surface area contributed by atoms with Crippen molar-refractivity contribution in [1.82, 2.24) is 0 Å². The predicted molar refractivity (Wildman–Crippen MR) is 63.2 cm³/mol. The summed E-state index contributed by atoms with van der Waals surface area (Å²) in [5.41, 5.74) is 0.418. The van der Waals surface area contributed by atoms with Crippen LogP contribution in [-0.4, -0.2) is 31.6 Å². The summed E-state index contributed by atoms with van der Waals surface area (Å²) >= 11 is 5.74. The third-order valence-corrected chi connectivity index (χ3v) is 2.17. The van der Waals surface area contributed by atoms with E-state index in [4.69, 9.17) is 21.1 Å². The molecule has 0 aliphatic heterocycles. The largest absolute Gasteiger partial charge is 0.456 e. The molecule has 0 aliphatic carbocycles. The number of ether oxygens (including phenoxy) is 2. The fourth-order valence-electron chi connectivity index (χ4n) is 1.12. The standard InChI is InChI=1S/C12H13ClO4/c1-2-16-8-12(15)17-7-11(14)9-4-3-5-10(13)6-9/h3-6H,2,7-8H2,1H3. The first-order valence-corrected chi connectivity index (χ1v) is 5.53. The van der Waals surface area contributed by atoms with Crippen LogP contribution in [0, 0.1) is 0 Å². The van der Waals surface area contributed by atoms with Crippen molar-refractivity contribution >= 4 is 23.4 Å². The van der Waals surface area contributed by atoms with Crippen LogP contribution in [0.4, 0.5) is 0 Å². The van der Waals surface area contributed by atoms with Crippen molar-refractivity contribution in [2.45, 2.75) is 6.92 Å². The third kappa shape index (κ3) is 4.97. The molecule has 4 nitrogen and oxygen atoms in total. The van der Waals surface area contributed by atoms with Crippen LogP contribution in [0.5, 0.6) is 0 Å². The van der Waals surface area contributed by atoms with Gasteiger partial charge in [-0.05, 0) is 19.1 Å². The summed E-state index contributed by atoms with van der Waals surface area (Å²) in [6.07, 6.45) is 0. The summed E-state index contributed by atoms with van der Waals surface area (Å²) in [6.45, 7) is 1.76. The van der Waals surface area contributed by atoms with Gasteiger partial charge in [-0.1, -0.05) is 23.7 Å². The molecule has 0 N–H and O–H groups in total. The molecule has 0 saturated heterocycles. The Labute approximate surface area is 104 Å². The van der Waals surface area contributed by atoms with Crippen LogP contribution in [-0.2, 0) is 14.3 Å². The van der Waals surface area contributed by atoms with Crippen molar-refractivity contribution < 1.29 is 19.1 Å². The summed E-state index contributed by atoms with van der Waals surface area (Å²) in [4.78, 5) is 22.7. The Morgan fingerprint density at radius 2 is 2.06 bits per heavy atom. The summed E-state index contributed by atoms with van der Waals surface area (Å²) in [5.74, 6) is -0.848. The second-order valence-corrected chi connectivity index (χ2v) is 3.67. The number of Topliss-reactive ketones (excluding diaryl/α,β-unsaturated/α-hetero) is 1. The van der Waals surface area contributed by atoms with Crippen molar-refractivity contribution in [2.75, 3.05) is 19.8 Å². The summed E-state index contributed by atoms with van der Waals surface area (Å²) < 4.78 is 9.59. The van der Waals surface area contributed by atoms with Crippen molar-refractivity contribution in [3.05, 3.63) is 34.9 Å². The van der Waals surface area contributed by atoms with E-state index in [9.17, 15) is 9.59 Å². The molecule has 0 unspecified atom stereocenters. The van der Waals surface area contributed by atoms with Gasteiger partial charge in [0.1, 0.15) is 6.61 Å². The van der Waals surface area contributed by atoms with E-state index in [1.807, 2.05) is 0 Å². The van der Waals surface area contributed by atoms with Crippen molar-refractivity contribution in [3.63, 3.8) is 0 Å². The van der Waals surface area contributed by atoms with Crippen LogP contribution < -0.4 is 0 Å². The molecule has 0 bridgehead atoms. The highest BCUT2D eigenvalue weighted by Gasteiger charge is 2.10. The fraction of sp³-hybridized carbons (Fsp3) is 0.333. The van der Waals surface area contributed by atoms with E-state index in [0.717, 1.165) is 0 Å². The molecule has 1 aromatic carbocycles. The maximum absolute atomic E-state index is 11.6. The highest BCUT2D eigenvalue weighted by Crippen LogP contribution is 2.11. The molecule has 1 aromatic rings. The Morgan fingerprint density at radius 3 is 2.71 bits per heavy atom. The number of benzene rings is 1. The number of carbonyl (C=O) groups excluding carboxylic acids is 2. The van der Waals surface area contributed by atoms with Crippen LogP contribution in [0.15, 0.2) is 24.3 Å². The van der Waals surface area contributed by atoms with E-state index in [0.29, 0.717) is 17.2 Å². The average molecular weight is 257 g/mol. The summed E-state index contributed by atoms with van der Waals surface area (Å²) in [5, 5.41) is 0.469. The normalized spacial score (nSPS) is 10.0. The smallest absolute Gasteiger partial charge is 0.332 e. The van der Waals surface area contributed by atoms with Gasteiger partial charge in [0, 0.05) is 17.2 Å². The molecule has 0 fully saturated rings. The van der Waals surface area contributed by atoms with Crippen LogP contribution in [0.3, 0.4) is 0 Å². The first-order valence-electron chi connectivity index (χ1n) is 5.15. The van der Waals surface area contributed by atoms with Gasteiger partial charge in [0.05, 0.1) is 0 Å². The zero-order valence-corrected chi connectivity index (χ0v) is 10.2. The molecule has 92 valence electrons. The van der Waals surface area contributed by atoms with Gasteiger partial charge in [-0.25, -0.2) is 4.79 Å². The lowest BCUT2D eigenvalue weighted by molar-refractivity contribution is -0.147. The minimum absolute atomic E-state index is 0.140. The van der Waals surface area contributed by atoms with Gasteiger partial charge in [0.25, 0.3) is 0 Å². The maximum Gasteiger partial charge on any atom is 0.332 e. The van der Waals surface area contributed by atoms with Gasteiger partial charge < -0.3 is 9.47 Å². The molecule has 0 saturated carbocycles. The predicted octanol–water partition coefficient (Wildman–Crippen LogP) is 2.10. The van der Waals surface area contributed by atoms with Gasteiger partial charge in [0.15, 0.2) is 12.4 Å². The first-order chi connectivity index (χ1) is 8.13. The second-order valence-electron chi connectivity index (χ2n) is 3.23. The number of halogens is 1. The quantitative estimate of drug-likeness (QED) is 0.578. The molecule has 5 heteroatoms. The minimum atomic E-state index is -0.553. The van der Waals surface area contributed by atoms with Gasteiger partial charge in [-0.3, -0.25) is 4.79 Å². The van der Waals surface area contributed by atoms with Crippen molar-refractivity contribution in [2.24, 2.45) is 0 Å². The zero-order chi connectivity index (χ0) is 12.7. The highest BCUT2D eigenvalue weighted by atomic mass is 35.5. The number of hydrogen-bond acceptors (Lipinski definition) is 4. The number of rotatable bonds is 6. The van der Waals surface area contributed by atoms with Gasteiger partial charge in [0.2, 0.25) is 0 Å². The van der Waals surface area contributed by atoms with Crippen LogP contribution >= 0.6 is 11.6 Å². The zero-order valence-electron chi connectivity index (χ0n) is 9.44. The Morgan fingerprint density at radius 1 is 1.29 bits per heavy atom. The Balaban J connectivity index is 2.42. The van der Waals surface area contributed by atoms with E-state index >= 15 is 0 Å². The number of hydrogen-bond donors (Lipinski definition) is 0. The number of carbonyl (C=O) groups is 2. The van der Waals surface area contributed by atoms with Crippen LogP contribution in [0.2, 0.25) is 5.02 Å². The van der Waals surface area contributed by atoms with E-state index in [2.05, 4.69) is 0 Å². The minimum Gasteiger partial charge on any atom is -0.456 e. The lowest BCUT2D eigenvalue weighted by Gasteiger charge is -2.04. The molecular formula is C12H13ClO4. The van der Waals surface area contributed by atoms with E-state index < -0.39 is 5.97 Å². The summed E-state index contributed by atoms with van der Waals surface area (Å²) in [6, 6.07) is 6.47.